The maximum atomic E-state index is 12.0. The van der Waals surface area contributed by atoms with Crippen LogP contribution in [0.4, 0.5) is 13.2 Å². The molecule has 0 heterocycles. The maximum Gasteiger partial charge on any atom is 0.411 e. The van der Waals surface area contributed by atoms with Gasteiger partial charge in [0.15, 0.2) is 6.10 Å². The molecule has 23 heavy (non-hydrogen) atoms. The molecule has 0 fully saturated rings. The molecule has 9 heteroatoms. The lowest BCUT2D eigenvalue weighted by atomic mass is 10.3. The van der Waals surface area contributed by atoms with Crippen LogP contribution in [0.3, 0.4) is 0 Å². The van der Waals surface area contributed by atoms with E-state index in [4.69, 9.17) is 27.9 Å². The van der Waals surface area contributed by atoms with E-state index in [-0.39, 0.29) is 17.4 Å². The minimum absolute atomic E-state index is 0.249. The number of halogens is 5. The third-order valence-electron chi connectivity index (χ3n) is 2.59. The number of alkyl halides is 3. The van der Waals surface area contributed by atoms with Crippen molar-refractivity contribution in [3.05, 3.63) is 28.2 Å². The molecule has 1 N–H and O–H groups in total. The Kier molecular flexibility index (Phi) is 7.44. The van der Waals surface area contributed by atoms with E-state index in [0.29, 0.717) is 5.02 Å². The van der Waals surface area contributed by atoms with Gasteiger partial charge >= 0.3 is 6.18 Å². The topological polar surface area (TPSA) is 47.6 Å². The van der Waals surface area contributed by atoms with Crippen LogP contribution in [0.15, 0.2) is 18.2 Å². The zero-order chi connectivity index (χ0) is 17.6. The molecule has 2 atom stereocenters. The summed E-state index contributed by atoms with van der Waals surface area (Å²) in [7, 11) is 0. The van der Waals surface area contributed by atoms with E-state index < -0.39 is 30.8 Å². The minimum Gasteiger partial charge on any atom is -0.479 e. The molecule has 0 aliphatic carbocycles. The van der Waals surface area contributed by atoms with Crippen molar-refractivity contribution in [2.24, 2.45) is 0 Å². The maximum absolute atomic E-state index is 12.0. The summed E-state index contributed by atoms with van der Waals surface area (Å²) in [5, 5.41) is 3.17. The van der Waals surface area contributed by atoms with Crippen LogP contribution in [-0.2, 0) is 9.53 Å². The lowest BCUT2D eigenvalue weighted by Crippen LogP contribution is -2.43. The van der Waals surface area contributed by atoms with E-state index in [9.17, 15) is 18.0 Å². The van der Waals surface area contributed by atoms with Gasteiger partial charge in [-0.1, -0.05) is 23.2 Å². The summed E-state index contributed by atoms with van der Waals surface area (Å²) in [5.74, 6) is -0.223. The van der Waals surface area contributed by atoms with Crippen LogP contribution >= 0.6 is 23.2 Å². The van der Waals surface area contributed by atoms with Gasteiger partial charge in [-0.3, -0.25) is 4.79 Å². The molecule has 0 aromatic heterocycles. The second kappa shape index (κ2) is 8.61. The van der Waals surface area contributed by atoms with Gasteiger partial charge in [0, 0.05) is 11.1 Å². The molecule has 0 spiro atoms. The zero-order valence-corrected chi connectivity index (χ0v) is 13.9. The van der Waals surface area contributed by atoms with Crippen molar-refractivity contribution in [1.82, 2.24) is 5.32 Å². The fourth-order valence-electron chi connectivity index (χ4n) is 1.57. The third-order valence-corrected chi connectivity index (χ3v) is 3.12. The molecule has 0 bridgehead atoms. The third kappa shape index (κ3) is 7.76. The van der Waals surface area contributed by atoms with Gasteiger partial charge in [0.05, 0.1) is 11.6 Å². The van der Waals surface area contributed by atoms with Crippen LogP contribution in [0.2, 0.25) is 10.0 Å². The molecule has 1 rings (SSSR count). The second-order valence-corrected chi connectivity index (χ2v) is 5.72. The number of ether oxygens (including phenoxy) is 2. The van der Waals surface area contributed by atoms with Gasteiger partial charge in [-0.15, -0.1) is 0 Å². The predicted molar refractivity (Wildman–Crippen MR) is 81.0 cm³/mol. The fraction of sp³-hybridized carbons (Fsp3) is 0.500. The van der Waals surface area contributed by atoms with E-state index in [0.717, 1.165) is 0 Å². The summed E-state index contributed by atoms with van der Waals surface area (Å²) in [5.41, 5.74) is 0. The number of amides is 1. The Bertz CT molecular complexity index is 540. The number of carbonyl (C=O) groups excluding carboxylic acids is 1. The summed E-state index contributed by atoms with van der Waals surface area (Å²) < 4.78 is 45.7. The van der Waals surface area contributed by atoms with Gasteiger partial charge in [0.1, 0.15) is 12.4 Å². The molecule has 1 aromatic rings. The van der Waals surface area contributed by atoms with Crippen molar-refractivity contribution >= 4 is 29.1 Å². The molecular formula is C14H16Cl2F3NO3. The van der Waals surface area contributed by atoms with Gasteiger partial charge in [0.25, 0.3) is 5.91 Å². The highest BCUT2D eigenvalue weighted by molar-refractivity contribution is 6.35. The van der Waals surface area contributed by atoms with E-state index in [1.165, 1.54) is 26.0 Å². The quantitative estimate of drug-likeness (QED) is 0.789. The molecule has 2 unspecified atom stereocenters. The number of nitrogens with one attached hydrogen (secondary N) is 1. The Balaban J connectivity index is 2.44. The van der Waals surface area contributed by atoms with Crippen molar-refractivity contribution in [1.29, 1.82) is 0 Å². The number of benzene rings is 1. The first-order chi connectivity index (χ1) is 10.6. The van der Waals surface area contributed by atoms with Gasteiger partial charge < -0.3 is 14.8 Å². The van der Waals surface area contributed by atoms with Crippen molar-refractivity contribution in [3.63, 3.8) is 0 Å². The highest BCUT2D eigenvalue weighted by Gasteiger charge is 2.28. The molecule has 0 saturated heterocycles. The summed E-state index contributed by atoms with van der Waals surface area (Å²) in [6.45, 7) is 1.39. The van der Waals surface area contributed by atoms with Gasteiger partial charge in [-0.2, -0.15) is 13.2 Å². The molecule has 0 radical (unpaired) electrons. The van der Waals surface area contributed by atoms with E-state index in [1.54, 1.807) is 6.07 Å². The molecule has 130 valence electrons. The van der Waals surface area contributed by atoms with E-state index in [2.05, 4.69) is 10.1 Å². The minimum atomic E-state index is -4.40. The van der Waals surface area contributed by atoms with Crippen LogP contribution in [0.5, 0.6) is 5.75 Å². The first-order valence-corrected chi connectivity index (χ1v) is 7.40. The van der Waals surface area contributed by atoms with Gasteiger partial charge in [-0.25, -0.2) is 0 Å². The number of hydrogen-bond acceptors (Lipinski definition) is 3. The van der Waals surface area contributed by atoms with Crippen LogP contribution in [0, 0.1) is 0 Å². The second-order valence-electron chi connectivity index (χ2n) is 4.87. The summed E-state index contributed by atoms with van der Waals surface area (Å²) in [4.78, 5) is 11.9. The monoisotopic (exact) mass is 373 g/mol. The van der Waals surface area contributed by atoms with Gasteiger partial charge in [-0.05, 0) is 32.0 Å². The molecule has 1 aromatic carbocycles. The fourth-order valence-corrected chi connectivity index (χ4v) is 2.02. The number of hydrogen-bond donors (Lipinski definition) is 1. The largest absolute Gasteiger partial charge is 0.479 e. The first kappa shape index (κ1) is 19.9. The summed E-state index contributed by atoms with van der Waals surface area (Å²) in [6.07, 6.45) is -5.29. The Hall–Kier alpha value is -1.18. The average Bonchev–Trinajstić information content (AvgIpc) is 2.40. The van der Waals surface area contributed by atoms with Crippen molar-refractivity contribution in [2.75, 3.05) is 13.2 Å². The molecule has 1 amide bonds. The molecule has 0 saturated carbocycles. The van der Waals surface area contributed by atoms with E-state index >= 15 is 0 Å². The Morgan fingerprint density at radius 3 is 2.52 bits per heavy atom. The standard InChI is InChI=1S/C14H16Cl2F3NO3/c1-8(6-22-7-14(17,18)19)20-13(21)9(2)23-12-4-3-10(15)5-11(12)16/h3-5,8-9H,6-7H2,1-2H3,(H,20,21). The Morgan fingerprint density at radius 1 is 1.30 bits per heavy atom. The van der Waals surface area contributed by atoms with E-state index in [1.807, 2.05) is 0 Å². The average molecular weight is 374 g/mol. The molecular weight excluding hydrogens is 358 g/mol. The zero-order valence-electron chi connectivity index (χ0n) is 12.4. The SMILES string of the molecule is CC(COCC(F)(F)F)NC(=O)C(C)Oc1ccc(Cl)cc1Cl. The predicted octanol–water partition coefficient (Wildman–Crippen LogP) is 3.84. The normalized spacial score (nSPS) is 14.2. The Morgan fingerprint density at radius 2 is 1.96 bits per heavy atom. The highest BCUT2D eigenvalue weighted by atomic mass is 35.5. The van der Waals surface area contributed by atoms with Crippen LogP contribution in [-0.4, -0.2) is 37.4 Å². The smallest absolute Gasteiger partial charge is 0.411 e. The van der Waals surface area contributed by atoms with Crippen molar-refractivity contribution < 1.29 is 27.4 Å². The summed E-state index contributed by atoms with van der Waals surface area (Å²) in [6, 6.07) is 3.94. The van der Waals surface area contributed by atoms with Crippen LogP contribution in [0.1, 0.15) is 13.8 Å². The Labute approximate surface area is 141 Å². The molecule has 0 aliphatic rings. The summed E-state index contributed by atoms with van der Waals surface area (Å²) >= 11 is 11.7. The van der Waals surface area contributed by atoms with Gasteiger partial charge in [0.2, 0.25) is 0 Å². The van der Waals surface area contributed by atoms with Crippen LogP contribution < -0.4 is 10.1 Å². The molecule has 4 nitrogen and oxygen atoms in total. The number of carbonyl (C=O) groups is 1. The molecule has 0 aliphatic heterocycles. The highest BCUT2D eigenvalue weighted by Crippen LogP contribution is 2.28. The number of rotatable bonds is 7. The lowest BCUT2D eigenvalue weighted by molar-refractivity contribution is -0.175. The first-order valence-electron chi connectivity index (χ1n) is 6.65. The van der Waals surface area contributed by atoms with Crippen molar-refractivity contribution in [3.8, 4) is 5.75 Å². The van der Waals surface area contributed by atoms with Crippen molar-refractivity contribution in [2.45, 2.75) is 32.2 Å². The lowest BCUT2D eigenvalue weighted by Gasteiger charge is -2.19. The van der Waals surface area contributed by atoms with Crippen LogP contribution in [0.25, 0.3) is 0 Å².